The third-order valence-electron chi connectivity index (χ3n) is 6.36. The molecule has 35 heavy (non-hydrogen) atoms. The van der Waals surface area contributed by atoms with E-state index in [0.717, 1.165) is 0 Å². The van der Waals surface area contributed by atoms with Crippen LogP contribution in [0.2, 0.25) is 0 Å². The van der Waals surface area contributed by atoms with Gasteiger partial charge in [0.1, 0.15) is 17.7 Å². The minimum Gasteiger partial charge on any atom is -0.619 e. The first-order valence-corrected chi connectivity index (χ1v) is 11.1. The number of carbonyl (C=O) groups excluding carboxylic acids is 1. The van der Waals surface area contributed by atoms with Crippen molar-refractivity contribution < 1.29 is 27.8 Å². The summed E-state index contributed by atoms with van der Waals surface area (Å²) in [4.78, 5) is 18.7. The molecular formula is C25H25F3N4O3. The van der Waals surface area contributed by atoms with Gasteiger partial charge in [-0.1, -0.05) is 18.2 Å². The molecule has 0 aliphatic carbocycles. The highest BCUT2D eigenvalue weighted by Gasteiger charge is 2.46. The number of piperidine rings is 1. The molecule has 3 aromatic rings. The Morgan fingerprint density at radius 1 is 1.17 bits per heavy atom. The standard InChI is InChI=1S/C25H25F3N4O3/c1-16(31-13-10-25(27,28)21(15-31)17-8-11-32(35)12-9-17)24(34)30-22-7-4-19(14-29-22)23(33)18-2-5-20(26)6-3-18/h2-9,11-12,14,16,21,23,33H,10,13,15H2,1H3,(H,29,30,34)/t16?,21-,23?/m1/s1. The van der Waals surface area contributed by atoms with Crippen LogP contribution in [0.5, 0.6) is 0 Å². The summed E-state index contributed by atoms with van der Waals surface area (Å²) in [6.45, 7) is 1.64. The van der Waals surface area contributed by atoms with Gasteiger partial charge in [0.2, 0.25) is 5.91 Å². The highest BCUT2D eigenvalue weighted by molar-refractivity contribution is 5.93. The predicted octanol–water partition coefficient (Wildman–Crippen LogP) is 3.39. The van der Waals surface area contributed by atoms with Crippen molar-refractivity contribution in [3.63, 3.8) is 0 Å². The molecule has 2 N–H and O–H groups in total. The topological polar surface area (TPSA) is 92.4 Å². The summed E-state index contributed by atoms with van der Waals surface area (Å²) in [7, 11) is 0. The van der Waals surface area contributed by atoms with Gasteiger partial charge in [0, 0.05) is 43.4 Å². The van der Waals surface area contributed by atoms with E-state index in [1.54, 1.807) is 17.9 Å². The van der Waals surface area contributed by atoms with E-state index in [9.17, 15) is 28.3 Å². The van der Waals surface area contributed by atoms with E-state index in [4.69, 9.17) is 0 Å². The van der Waals surface area contributed by atoms with Crippen LogP contribution in [0.3, 0.4) is 0 Å². The van der Waals surface area contributed by atoms with Crippen LogP contribution in [0, 0.1) is 11.0 Å². The molecule has 2 aromatic heterocycles. The first-order chi connectivity index (χ1) is 16.6. The molecule has 2 unspecified atom stereocenters. The van der Waals surface area contributed by atoms with Gasteiger partial charge in [-0.05, 0) is 36.2 Å². The SMILES string of the molecule is CC(C(=O)Nc1ccc(C(O)c2ccc(F)cc2)cn1)N1CCC(F)(F)[C@@H](c2cc[n+]([O-])cc2)C1. The second kappa shape index (κ2) is 10.0. The van der Waals surface area contributed by atoms with Crippen LogP contribution in [0.15, 0.2) is 67.1 Å². The maximum Gasteiger partial charge on any atom is 0.257 e. The number of hydrogen-bond donors (Lipinski definition) is 2. The van der Waals surface area contributed by atoms with Crippen LogP contribution in [-0.2, 0) is 4.79 Å². The molecule has 10 heteroatoms. The van der Waals surface area contributed by atoms with E-state index in [0.29, 0.717) is 21.4 Å². The van der Waals surface area contributed by atoms with Crippen molar-refractivity contribution in [2.45, 2.75) is 37.3 Å². The largest absolute Gasteiger partial charge is 0.619 e. The van der Waals surface area contributed by atoms with Crippen LogP contribution in [-0.4, -0.2) is 46.0 Å². The Labute approximate surface area is 200 Å². The number of hydrogen-bond acceptors (Lipinski definition) is 5. The van der Waals surface area contributed by atoms with Crippen molar-refractivity contribution >= 4 is 11.7 Å². The molecule has 1 saturated heterocycles. The number of carbonyl (C=O) groups is 1. The van der Waals surface area contributed by atoms with Gasteiger partial charge in [0.15, 0.2) is 12.4 Å². The zero-order valence-corrected chi connectivity index (χ0v) is 18.9. The van der Waals surface area contributed by atoms with Gasteiger partial charge in [-0.25, -0.2) is 18.2 Å². The van der Waals surface area contributed by atoms with Crippen molar-refractivity contribution in [3.8, 4) is 0 Å². The maximum atomic E-state index is 14.6. The summed E-state index contributed by atoms with van der Waals surface area (Å²) >= 11 is 0. The average molecular weight is 486 g/mol. The molecule has 3 heterocycles. The molecule has 184 valence electrons. The van der Waals surface area contributed by atoms with Crippen LogP contribution >= 0.6 is 0 Å². The monoisotopic (exact) mass is 486 g/mol. The van der Waals surface area contributed by atoms with Crippen molar-refractivity contribution in [2.24, 2.45) is 0 Å². The van der Waals surface area contributed by atoms with E-state index in [1.165, 1.54) is 61.1 Å². The van der Waals surface area contributed by atoms with Gasteiger partial charge < -0.3 is 15.6 Å². The van der Waals surface area contributed by atoms with Crippen LogP contribution < -0.4 is 10.0 Å². The van der Waals surface area contributed by atoms with Gasteiger partial charge in [-0.3, -0.25) is 9.69 Å². The number of anilines is 1. The fraction of sp³-hybridized carbons (Fsp3) is 0.320. The van der Waals surface area contributed by atoms with Crippen molar-refractivity contribution in [3.05, 3.63) is 94.8 Å². The number of nitrogens with one attached hydrogen (secondary N) is 1. The molecule has 1 aliphatic heterocycles. The van der Waals surface area contributed by atoms with Gasteiger partial charge in [-0.15, -0.1) is 0 Å². The quantitative estimate of drug-likeness (QED) is 0.412. The molecular weight excluding hydrogens is 461 g/mol. The van der Waals surface area contributed by atoms with Crippen molar-refractivity contribution in [1.82, 2.24) is 9.88 Å². The van der Waals surface area contributed by atoms with E-state index in [1.807, 2.05) is 0 Å². The Morgan fingerprint density at radius 2 is 1.83 bits per heavy atom. The van der Waals surface area contributed by atoms with Gasteiger partial charge in [0.25, 0.3) is 5.92 Å². The number of aliphatic hydroxyl groups excluding tert-OH is 1. The fourth-order valence-corrected chi connectivity index (χ4v) is 4.16. The summed E-state index contributed by atoms with van der Waals surface area (Å²) in [5, 5.41) is 24.4. The van der Waals surface area contributed by atoms with Crippen molar-refractivity contribution in [2.75, 3.05) is 18.4 Å². The van der Waals surface area contributed by atoms with E-state index in [2.05, 4.69) is 10.3 Å². The Hall–Kier alpha value is -3.50. The number of aliphatic hydroxyl groups is 1. The second-order valence-electron chi connectivity index (χ2n) is 8.65. The highest BCUT2D eigenvalue weighted by Crippen LogP contribution is 2.40. The number of benzene rings is 1. The van der Waals surface area contributed by atoms with Gasteiger partial charge in [0.05, 0.1) is 12.0 Å². The molecule has 1 aliphatic rings. The number of likely N-dealkylation sites (tertiary alicyclic amines) is 1. The second-order valence-corrected chi connectivity index (χ2v) is 8.65. The number of nitrogens with zero attached hydrogens (tertiary/aromatic N) is 3. The summed E-state index contributed by atoms with van der Waals surface area (Å²) in [5.41, 5.74) is 1.31. The molecule has 0 radical (unpaired) electrons. The molecule has 1 amide bonds. The minimum absolute atomic E-state index is 0.0410. The molecule has 0 bridgehead atoms. The fourth-order valence-electron chi connectivity index (χ4n) is 4.16. The number of halogens is 3. The number of rotatable bonds is 6. The van der Waals surface area contributed by atoms with Crippen LogP contribution in [0.4, 0.5) is 19.0 Å². The Morgan fingerprint density at radius 3 is 2.46 bits per heavy atom. The zero-order chi connectivity index (χ0) is 25.2. The average Bonchev–Trinajstić information content (AvgIpc) is 2.85. The number of aromatic nitrogens is 2. The van der Waals surface area contributed by atoms with Crippen molar-refractivity contribution in [1.29, 1.82) is 0 Å². The minimum atomic E-state index is -2.95. The summed E-state index contributed by atoms with van der Waals surface area (Å²) in [6.07, 6.45) is 2.36. The maximum absolute atomic E-state index is 14.6. The summed E-state index contributed by atoms with van der Waals surface area (Å²) in [5.74, 6) is -4.66. The molecule has 1 aromatic carbocycles. The molecule has 0 spiro atoms. The lowest BCUT2D eigenvalue weighted by molar-refractivity contribution is -0.605. The van der Waals surface area contributed by atoms with E-state index >= 15 is 0 Å². The number of pyridine rings is 2. The Bertz CT molecular complexity index is 1160. The first kappa shape index (κ1) is 24.6. The molecule has 4 rings (SSSR count). The van der Waals surface area contributed by atoms with Crippen LogP contribution in [0.25, 0.3) is 0 Å². The molecule has 0 saturated carbocycles. The number of amides is 1. The Kier molecular flexibility index (Phi) is 7.04. The van der Waals surface area contributed by atoms with Gasteiger partial charge in [-0.2, -0.15) is 4.73 Å². The first-order valence-electron chi connectivity index (χ1n) is 11.1. The Balaban J connectivity index is 1.40. The zero-order valence-electron chi connectivity index (χ0n) is 18.9. The van der Waals surface area contributed by atoms with E-state index in [-0.39, 0.29) is 18.9 Å². The highest BCUT2D eigenvalue weighted by atomic mass is 19.3. The summed E-state index contributed by atoms with van der Waals surface area (Å²) in [6, 6.07) is 10.6. The number of alkyl halides is 2. The third kappa shape index (κ3) is 5.60. The summed E-state index contributed by atoms with van der Waals surface area (Å²) < 4.78 is 42.9. The smallest absolute Gasteiger partial charge is 0.257 e. The lowest BCUT2D eigenvalue weighted by Gasteiger charge is -2.40. The third-order valence-corrected chi connectivity index (χ3v) is 6.36. The normalized spacial score (nSPS) is 19.6. The lowest BCUT2D eigenvalue weighted by atomic mass is 9.87. The molecule has 1 fully saturated rings. The van der Waals surface area contributed by atoms with Gasteiger partial charge >= 0.3 is 0 Å². The predicted molar refractivity (Wildman–Crippen MR) is 122 cm³/mol. The molecule has 3 atom stereocenters. The molecule has 7 nitrogen and oxygen atoms in total. The van der Waals surface area contributed by atoms with Crippen LogP contribution in [0.1, 0.15) is 42.1 Å². The van der Waals surface area contributed by atoms with E-state index < -0.39 is 42.1 Å². The lowest BCUT2D eigenvalue weighted by Crippen LogP contribution is -2.52.